The second-order valence-electron chi connectivity index (χ2n) is 7.63. The maximum absolute atomic E-state index is 11.7. The normalized spacial score (nSPS) is 10.5. The monoisotopic (exact) mass is 490 g/mol. The highest BCUT2D eigenvalue weighted by molar-refractivity contribution is 5.72. The molecule has 0 aliphatic rings. The number of nitrogens with zero attached hydrogens (tertiary/aromatic N) is 6. The first-order valence-electron chi connectivity index (χ1n) is 10.6. The smallest absolute Gasteiger partial charge is 0.332 e. The van der Waals surface area contributed by atoms with Gasteiger partial charge in [0.2, 0.25) is 5.91 Å². The van der Waals surface area contributed by atoms with Crippen LogP contribution in [0.3, 0.4) is 0 Å². The van der Waals surface area contributed by atoms with Gasteiger partial charge in [0, 0.05) is 41.7 Å². The van der Waals surface area contributed by atoms with Gasteiger partial charge < -0.3 is 20.6 Å². The van der Waals surface area contributed by atoms with Crippen LogP contribution in [0.5, 0.6) is 0 Å². The maximum atomic E-state index is 11.7. The highest BCUT2D eigenvalue weighted by Crippen LogP contribution is 2.01. The number of carbonyl (C=O) groups excluding carboxylic acids is 1. The number of rotatable bonds is 4. The van der Waals surface area contributed by atoms with Crippen molar-refractivity contribution < 1.29 is 4.79 Å². The van der Waals surface area contributed by atoms with Crippen LogP contribution in [0, 0.1) is 0 Å². The molecular formula is C20H30N10O5. The van der Waals surface area contributed by atoms with E-state index in [2.05, 4.69) is 25.3 Å². The van der Waals surface area contributed by atoms with Crippen molar-refractivity contribution in [3.8, 4) is 0 Å². The Morgan fingerprint density at radius 3 is 2.31 bits per heavy atom. The lowest BCUT2D eigenvalue weighted by atomic mass is 10.3. The third-order valence-electron chi connectivity index (χ3n) is 5.01. The average Bonchev–Trinajstić information content (AvgIpc) is 3.46. The Bertz CT molecular complexity index is 1550. The number of aryl methyl sites for hydroxylation is 3. The van der Waals surface area contributed by atoms with E-state index in [9.17, 15) is 24.0 Å². The summed E-state index contributed by atoms with van der Waals surface area (Å²) in [4.78, 5) is 68.1. The number of nitrogens with two attached hydrogens (primary N) is 1. The number of aromatic nitrogens is 8. The summed E-state index contributed by atoms with van der Waals surface area (Å²) in [6.07, 6.45) is 4.86. The Morgan fingerprint density at radius 2 is 1.69 bits per heavy atom. The molecule has 0 atom stereocenters. The quantitative estimate of drug-likeness (QED) is 0.230. The second-order valence-corrected chi connectivity index (χ2v) is 7.63. The summed E-state index contributed by atoms with van der Waals surface area (Å²) in [5.41, 5.74) is 5.20. The van der Waals surface area contributed by atoms with Crippen LogP contribution >= 0.6 is 0 Å². The summed E-state index contributed by atoms with van der Waals surface area (Å²) in [6.45, 7) is 2.98. The predicted octanol–water partition coefficient (Wildman–Crippen LogP) is -2.22. The fourth-order valence-corrected chi connectivity index (χ4v) is 3.05. The van der Waals surface area contributed by atoms with Crippen molar-refractivity contribution >= 4 is 28.2 Å². The lowest BCUT2D eigenvalue weighted by molar-refractivity contribution is -0.118. The van der Waals surface area contributed by atoms with E-state index in [1.165, 1.54) is 35.8 Å². The Morgan fingerprint density at radius 1 is 1.00 bits per heavy atom. The summed E-state index contributed by atoms with van der Waals surface area (Å²) >= 11 is 0. The zero-order chi connectivity index (χ0) is 26.3. The molecule has 15 heteroatoms. The molecule has 5 N–H and O–H groups in total. The molecule has 0 spiro atoms. The number of amides is 1. The van der Waals surface area contributed by atoms with Gasteiger partial charge in [0.25, 0.3) is 11.1 Å². The third kappa shape index (κ3) is 6.20. The van der Waals surface area contributed by atoms with Crippen LogP contribution in [0.25, 0.3) is 22.3 Å². The Labute approximate surface area is 198 Å². The van der Waals surface area contributed by atoms with Crippen molar-refractivity contribution in [3.05, 3.63) is 54.3 Å². The van der Waals surface area contributed by atoms with Crippen LogP contribution in [0.2, 0.25) is 0 Å². The minimum absolute atomic E-state index is 0.0343. The number of unbranched alkanes of at least 4 members (excludes halogenated alkanes) is 1. The number of aromatic amines is 2. The fourth-order valence-electron chi connectivity index (χ4n) is 3.05. The van der Waals surface area contributed by atoms with E-state index in [0.717, 1.165) is 24.0 Å². The van der Waals surface area contributed by atoms with Crippen LogP contribution in [0.15, 0.2) is 31.8 Å². The lowest BCUT2D eigenvalue weighted by Gasteiger charge is -2.02. The first-order chi connectivity index (χ1) is 16.5. The molecule has 0 unspecified atom stereocenters. The molecule has 0 aliphatic carbocycles. The van der Waals surface area contributed by atoms with Gasteiger partial charge in [-0.3, -0.25) is 33.1 Å². The van der Waals surface area contributed by atoms with E-state index >= 15 is 0 Å². The molecule has 4 aromatic rings. The number of imidazole rings is 2. The van der Waals surface area contributed by atoms with E-state index in [1.807, 2.05) is 0 Å². The minimum Gasteiger partial charge on any atom is -0.356 e. The van der Waals surface area contributed by atoms with Gasteiger partial charge in [0.15, 0.2) is 16.8 Å². The predicted molar refractivity (Wildman–Crippen MR) is 130 cm³/mol. The molecule has 4 aromatic heterocycles. The second kappa shape index (κ2) is 11.7. The Hall–Kier alpha value is -4.27. The SMILES string of the molecule is CC(=O)NCCCCN.Cn1c(=O)[nH]c(=O)c2[nH]cnc21.Cn1c(=O)c2c(ncn2C)n(C)c1=O. The fraction of sp³-hybridized carbons (Fsp3) is 0.450. The number of hydrogen-bond donors (Lipinski definition) is 4. The van der Waals surface area contributed by atoms with E-state index in [4.69, 9.17) is 5.73 Å². The number of nitrogens with one attached hydrogen (secondary N) is 3. The van der Waals surface area contributed by atoms with Crippen LogP contribution in [0.4, 0.5) is 0 Å². The van der Waals surface area contributed by atoms with Crippen LogP contribution in [0.1, 0.15) is 19.8 Å². The number of fused-ring (bicyclic) bond motifs is 2. The molecule has 0 fully saturated rings. The zero-order valence-electron chi connectivity index (χ0n) is 20.3. The molecule has 0 saturated carbocycles. The van der Waals surface area contributed by atoms with E-state index < -0.39 is 11.2 Å². The molecule has 0 saturated heterocycles. The van der Waals surface area contributed by atoms with Gasteiger partial charge in [-0.1, -0.05) is 0 Å². The maximum Gasteiger partial charge on any atom is 0.332 e. The number of hydrogen-bond acceptors (Lipinski definition) is 8. The average molecular weight is 491 g/mol. The summed E-state index contributed by atoms with van der Waals surface area (Å²) in [5.74, 6) is 0.0343. The van der Waals surface area contributed by atoms with Crippen LogP contribution < -0.4 is 33.5 Å². The van der Waals surface area contributed by atoms with Crippen LogP contribution in [-0.4, -0.2) is 57.2 Å². The number of carbonyl (C=O) groups is 1. The highest BCUT2D eigenvalue weighted by Gasteiger charge is 2.11. The van der Waals surface area contributed by atoms with Crippen molar-refractivity contribution in [2.24, 2.45) is 33.9 Å². The molecule has 0 aromatic carbocycles. The topological polar surface area (TPSA) is 200 Å². The molecule has 190 valence electrons. The van der Waals surface area contributed by atoms with E-state index in [1.54, 1.807) is 25.7 Å². The molecular weight excluding hydrogens is 460 g/mol. The van der Waals surface area contributed by atoms with Crippen molar-refractivity contribution in [2.45, 2.75) is 19.8 Å². The summed E-state index contributed by atoms with van der Waals surface area (Å²) < 4.78 is 5.31. The van der Waals surface area contributed by atoms with Gasteiger partial charge >= 0.3 is 11.4 Å². The van der Waals surface area contributed by atoms with Crippen molar-refractivity contribution in [3.63, 3.8) is 0 Å². The Balaban J connectivity index is 0.000000190. The molecule has 0 bridgehead atoms. The minimum atomic E-state index is -0.459. The first kappa shape index (κ1) is 27.0. The molecule has 35 heavy (non-hydrogen) atoms. The van der Waals surface area contributed by atoms with E-state index in [0.29, 0.717) is 28.9 Å². The first-order valence-corrected chi connectivity index (χ1v) is 10.6. The molecule has 0 aliphatic heterocycles. The molecule has 4 heterocycles. The standard InChI is InChI=1S/C8H10N4O2.C6H6N4O2.C6H14N2O/c1-10-4-9-6-5(10)7(13)12(3)8(14)11(6)2;1-10-4-3(7-2-8-4)5(11)9-6(10)12;1-6(9)8-5-3-2-4-7/h4H,1-3H3;2H,1H3,(H,7,8)(H,9,11,12);2-5,7H2,1H3,(H,8,9). The lowest BCUT2D eigenvalue weighted by Crippen LogP contribution is -2.37. The van der Waals surface area contributed by atoms with Gasteiger partial charge in [0.1, 0.15) is 5.52 Å². The molecule has 15 nitrogen and oxygen atoms in total. The molecule has 4 rings (SSSR count). The van der Waals surface area contributed by atoms with Crippen molar-refractivity contribution in [1.29, 1.82) is 0 Å². The largest absolute Gasteiger partial charge is 0.356 e. The van der Waals surface area contributed by atoms with Gasteiger partial charge in [0.05, 0.1) is 12.7 Å². The molecule has 0 radical (unpaired) electrons. The summed E-state index contributed by atoms with van der Waals surface area (Å²) in [5, 5.41) is 2.69. The summed E-state index contributed by atoms with van der Waals surface area (Å²) in [6, 6.07) is 0. The third-order valence-corrected chi connectivity index (χ3v) is 5.01. The van der Waals surface area contributed by atoms with Gasteiger partial charge in [-0.2, -0.15) is 0 Å². The zero-order valence-corrected chi connectivity index (χ0v) is 20.3. The van der Waals surface area contributed by atoms with Gasteiger partial charge in [-0.05, 0) is 19.4 Å². The van der Waals surface area contributed by atoms with Crippen molar-refractivity contribution in [2.75, 3.05) is 13.1 Å². The van der Waals surface area contributed by atoms with Gasteiger partial charge in [-0.15, -0.1) is 0 Å². The highest BCUT2D eigenvalue weighted by atomic mass is 16.2. The summed E-state index contributed by atoms with van der Waals surface area (Å²) in [7, 11) is 6.32. The number of H-pyrrole nitrogens is 2. The van der Waals surface area contributed by atoms with Crippen molar-refractivity contribution in [1.82, 2.24) is 43.5 Å². The van der Waals surface area contributed by atoms with E-state index in [-0.39, 0.29) is 17.2 Å². The molecule has 1 amide bonds. The van der Waals surface area contributed by atoms with Gasteiger partial charge in [-0.25, -0.2) is 19.6 Å². The van der Waals surface area contributed by atoms with Crippen LogP contribution in [-0.2, 0) is 33.0 Å². The Kier molecular flexibility index (Phi) is 9.04.